The summed E-state index contributed by atoms with van der Waals surface area (Å²) in [4.78, 5) is 12.3. The van der Waals surface area contributed by atoms with E-state index in [2.05, 4.69) is 0 Å². The molecule has 2 nitrogen and oxygen atoms in total. The Labute approximate surface area is 160 Å². The van der Waals surface area contributed by atoms with Gasteiger partial charge in [-0.2, -0.15) is 8.78 Å². The Morgan fingerprint density at radius 2 is 1.33 bits per heavy atom. The largest absolute Gasteiger partial charge is 0.507 e. The van der Waals surface area contributed by atoms with Crippen LogP contribution in [0.3, 0.4) is 0 Å². The van der Waals surface area contributed by atoms with Crippen LogP contribution >= 0.6 is 0 Å². The molecule has 0 atom stereocenters. The van der Waals surface area contributed by atoms with Crippen molar-refractivity contribution < 1.29 is 18.7 Å². The van der Waals surface area contributed by atoms with Gasteiger partial charge in [-0.15, -0.1) is 0 Å². The van der Waals surface area contributed by atoms with Crippen molar-refractivity contribution in [2.75, 3.05) is 0 Å². The van der Waals surface area contributed by atoms with E-state index in [1.54, 1.807) is 30.3 Å². The first-order chi connectivity index (χ1) is 12.2. The highest BCUT2D eigenvalue weighted by atomic mass is 19.3. The van der Waals surface area contributed by atoms with E-state index in [4.69, 9.17) is 0 Å². The van der Waals surface area contributed by atoms with E-state index in [0.717, 1.165) is 0 Å². The minimum atomic E-state index is -3.53. The molecule has 0 unspecified atom stereocenters. The predicted molar refractivity (Wildman–Crippen MR) is 105 cm³/mol. The van der Waals surface area contributed by atoms with Crippen LogP contribution in [0, 0.1) is 0 Å². The third-order valence-corrected chi connectivity index (χ3v) is 4.58. The lowest BCUT2D eigenvalue weighted by atomic mass is 9.78. The fourth-order valence-electron chi connectivity index (χ4n) is 3.08. The molecule has 0 saturated heterocycles. The van der Waals surface area contributed by atoms with Gasteiger partial charge in [0.15, 0.2) is 0 Å². The molecular formula is C23H28F2O2. The van der Waals surface area contributed by atoms with Gasteiger partial charge in [0, 0.05) is 12.0 Å². The molecule has 0 aliphatic heterocycles. The highest BCUT2D eigenvalue weighted by Crippen LogP contribution is 2.40. The minimum Gasteiger partial charge on any atom is -0.507 e. The monoisotopic (exact) mass is 374 g/mol. The van der Waals surface area contributed by atoms with Crippen molar-refractivity contribution in [3.63, 3.8) is 0 Å². The number of hydrogen-bond acceptors (Lipinski definition) is 2. The van der Waals surface area contributed by atoms with Gasteiger partial charge in [0.05, 0.1) is 0 Å². The summed E-state index contributed by atoms with van der Waals surface area (Å²) in [6, 6.07) is 10.8. The van der Waals surface area contributed by atoms with Crippen molar-refractivity contribution in [2.24, 2.45) is 0 Å². The molecule has 146 valence electrons. The number of carbonyl (C=O) groups is 1. The van der Waals surface area contributed by atoms with Gasteiger partial charge in [-0.05, 0) is 27.5 Å². The van der Waals surface area contributed by atoms with Gasteiger partial charge in [0.1, 0.15) is 5.75 Å². The number of alkyl halides is 2. The van der Waals surface area contributed by atoms with Crippen molar-refractivity contribution in [3.8, 4) is 5.75 Å². The second kappa shape index (κ2) is 7.06. The number of halogens is 2. The molecule has 2 aromatic rings. The van der Waals surface area contributed by atoms with Gasteiger partial charge in [0.2, 0.25) is 5.78 Å². The van der Waals surface area contributed by atoms with Crippen molar-refractivity contribution in [1.29, 1.82) is 0 Å². The Hall–Kier alpha value is -2.23. The number of hydrogen-bond donors (Lipinski definition) is 1. The Kier molecular flexibility index (Phi) is 5.51. The summed E-state index contributed by atoms with van der Waals surface area (Å²) in [5.41, 5.74) is 0.712. The summed E-state index contributed by atoms with van der Waals surface area (Å²) < 4.78 is 29.5. The van der Waals surface area contributed by atoms with Crippen LogP contribution in [-0.4, -0.2) is 16.8 Å². The van der Waals surface area contributed by atoms with Crippen LogP contribution in [0.1, 0.15) is 68.6 Å². The fraction of sp³-hybridized carbons (Fsp3) is 0.435. The third-order valence-electron chi connectivity index (χ3n) is 4.58. The zero-order chi connectivity index (χ0) is 20.6. The summed E-state index contributed by atoms with van der Waals surface area (Å²) in [7, 11) is 0. The summed E-state index contributed by atoms with van der Waals surface area (Å²) in [5.74, 6) is -4.58. The van der Waals surface area contributed by atoms with E-state index in [9.17, 15) is 18.7 Å². The molecule has 0 aromatic heterocycles. The second-order valence-electron chi connectivity index (χ2n) is 9.12. The van der Waals surface area contributed by atoms with Gasteiger partial charge >= 0.3 is 5.92 Å². The van der Waals surface area contributed by atoms with Crippen molar-refractivity contribution in [2.45, 2.75) is 64.7 Å². The first kappa shape index (κ1) is 21.1. The van der Waals surface area contributed by atoms with Crippen LogP contribution in [-0.2, 0) is 17.3 Å². The number of carbonyl (C=O) groups excluding carboxylic acids is 1. The molecule has 0 saturated carbocycles. The summed E-state index contributed by atoms with van der Waals surface area (Å²) >= 11 is 0. The van der Waals surface area contributed by atoms with E-state index in [0.29, 0.717) is 16.7 Å². The van der Waals surface area contributed by atoms with Crippen molar-refractivity contribution in [3.05, 3.63) is 64.7 Å². The number of ketones is 1. The number of benzene rings is 2. The standard InChI is InChI=1S/C23H28F2O2/c1-21(2,3)17-12-15(13-18(19(17)26)22(4,5)6)14-23(24,25)20(27)16-10-8-7-9-11-16/h7-13,26H,14H2,1-6H3. The second-order valence-corrected chi connectivity index (χ2v) is 9.12. The Morgan fingerprint density at radius 3 is 1.74 bits per heavy atom. The Bertz CT molecular complexity index is 791. The van der Waals surface area contributed by atoms with Crippen LogP contribution < -0.4 is 0 Å². The fourth-order valence-corrected chi connectivity index (χ4v) is 3.08. The van der Waals surface area contributed by atoms with Crippen LogP contribution in [0.4, 0.5) is 8.78 Å². The van der Waals surface area contributed by atoms with Crippen LogP contribution in [0.15, 0.2) is 42.5 Å². The van der Waals surface area contributed by atoms with Crippen LogP contribution in [0.2, 0.25) is 0 Å². The molecule has 0 bridgehead atoms. The highest BCUT2D eigenvalue weighted by molar-refractivity contribution is 6.01. The van der Waals surface area contributed by atoms with Gasteiger partial charge < -0.3 is 5.11 Å². The van der Waals surface area contributed by atoms with Crippen molar-refractivity contribution >= 4 is 5.78 Å². The average Bonchev–Trinajstić information content (AvgIpc) is 2.54. The van der Waals surface area contributed by atoms with E-state index in [1.165, 1.54) is 12.1 Å². The molecule has 0 aliphatic carbocycles. The average molecular weight is 374 g/mol. The van der Waals surface area contributed by atoms with E-state index >= 15 is 0 Å². The number of aromatic hydroxyl groups is 1. The maximum atomic E-state index is 14.7. The predicted octanol–water partition coefficient (Wildman–Crippen LogP) is 6.05. The minimum absolute atomic E-state index is 0.00614. The summed E-state index contributed by atoms with van der Waals surface area (Å²) in [6.45, 7) is 11.5. The molecule has 0 fully saturated rings. The molecule has 1 N–H and O–H groups in total. The molecule has 0 heterocycles. The molecule has 2 rings (SSSR count). The SMILES string of the molecule is CC(C)(C)c1cc(CC(F)(F)C(=O)c2ccccc2)cc(C(C)(C)C)c1O. The van der Waals surface area contributed by atoms with E-state index in [1.807, 2.05) is 41.5 Å². The highest BCUT2D eigenvalue weighted by Gasteiger charge is 2.40. The molecule has 0 spiro atoms. The lowest BCUT2D eigenvalue weighted by Crippen LogP contribution is -2.31. The Balaban J connectivity index is 2.50. The molecule has 0 amide bonds. The summed E-state index contributed by atoms with van der Waals surface area (Å²) in [5, 5.41) is 10.7. The van der Waals surface area contributed by atoms with Crippen LogP contribution in [0.25, 0.3) is 0 Å². The third kappa shape index (κ3) is 4.74. The topological polar surface area (TPSA) is 37.3 Å². The van der Waals surface area contributed by atoms with Crippen molar-refractivity contribution in [1.82, 2.24) is 0 Å². The van der Waals surface area contributed by atoms with E-state index < -0.39 is 29.0 Å². The first-order valence-corrected chi connectivity index (χ1v) is 9.08. The number of phenols is 1. The Morgan fingerprint density at radius 1 is 0.889 bits per heavy atom. The maximum absolute atomic E-state index is 14.7. The molecular weight excluding hydrogens is 346 g/mol. The number of Topliss-reactive ketones (excluding diaryl/α,β-unsaturated/α-hetero) is 1. The maximum Gasteiger partial charge on any atom is 0.313 e. The normalized spacial score (nSPS) is 12.9. The van der Waals surface area contributed by atoms with E-state index in [-0.39, 0.29) is 11.3 Å². The molecule has 0 aliphatic rings. The zero-order valence-electron chi connectivity index (χ0n) is 16.9. The smallest absolute Gasteiger partial charge is 0.313 e. The van der Waals surface area contributed by atoms with Gasteiger partial charge in [-0.1, -0.05) is 84.0 Å². The molecule has 4 heteroatoms. The molecule has 27 heavy (non-hydrogen) atoms. The lowest BCUT2D eigenvalue weighted by molar-refractivity contribution is 0.0106. The lowest BCUT2D eigenvalue weighted by Gasteiger charge is -2.29. The molecule has 0 radical (unpaired) electrons. The zero-order valence-corrected chi connectivity index (χ0v) is 16.9. The molecule has 2 aromatic carbocycles. The van der Waals surface area contributed by atoms with Crippen LogP contribution in [0.5, 0.6) is 5.75 Å². The van der Waals surface area contributed by atoms with Gasteiger partial charge in [-0.3, -0.25) is 4.79 Å². The van der Waals surface area contributed by atoms with Gasteiger partial charge in [-0.25, -0.2) is 0 Å². The number of phenolic OH excluding ortho intramolecular Hbond substituents is 1. The van der Waals surface area contributed by atoms with Gasteiger partial charge in [0.25, 0.3) is 0 Å². The number of rotatable bonds is 4. The summed E-state index contributed by atoms with van der Waals surface area (Å²) in [6.07, 6.45) is -0.701. The first-order valence-electron chi connectivity index (χ1n) is 9.08. The quantitative estimate of drug-likeness (QED) is 0.662.